The molecular weight excluding hydrogens is 260 g/mol. The maximum atomic E-state index is 12.1. The lowest BCUT2D eigenvalue weighted by Crippen LogP contribution is -2.28. The van der Waals surface area contributed by atoms with Gasteiger partial charge in [-0.05, 0) is 24.0 Å². The summed E-state index contributed by atoms with van der Waals surface area (Å²) in [6, 6.07) is 16.6. The van der Waals surface area contributed by atoms with Crippen molar-refractivity contribution in [2.45, 2.75) is 24.9 Å². The van der Waals surface area contributed by atoms with Gasteiger partial charge in [-0.25, -0.2) is 4.79 Å². The molecule has 0 radical (unpaired) electrons. The highest BCUT2D eigenvalue weighted by Crippen LogP contribution is 2.48. The first kappa shape index (κ1) is 12.4. The molecule has 0 amide bonds. The Balaban J connectivity index is 2.04. The molecule has 2 heteroatoms. The van der Waals surface area contributed by atoms with Gasteiger partial charge in [0.25, 0.3) is 0 Å². The van der Waals surface area contributed by atoms with Crippen LogP contribution in [0, 0.1) is 0 Å². The predicted octanol–water partition coefficient (Wildman–Crippen LogP) is 3.53. The van der Waals surface area contributed by atoms with E-state index in [1.807, 2.05) is 24.3 Å². The maximum absolute atomic E-state index is 12.1. The van der Waals surface area contributed by atoms with Crippen LogP contribution >= 0.6 is 0 Å². The van der Waals surface area contributed by atoms with Gasteiger partial charge in [0.1, 0.15) is 0 Å². The van der Waals surface area contributed by atoms with E-state index in [0.29, 0.717) is 12.0 Å². The van der Waals surface area contributed by atoms with Gasteiger partial charge in [-0.3, -0.25) is 0 Å². The largest absolute Gasteiger partial charge is 0.445 e. The number of carbonyl (C=O) groups is 1. The lowest BCUT2D eigenvalue weighted by atomic mass is 9.81. The van der Waals surface area contributed by atoms with Crippen LogP contribution in [-0.4, -0.2) is 5.97 Å². The molecule has 1 fully saturated rings. The molecule has 1 saturated heterocycles. The van der Waals surface area contributed by atoms with Crippen LogP contribution in [0.25, 0.3) is 0 Å². The molecule has 0 atom stereocenters. The van der Waals surface area contributed by atoms with E-state index in [1.54, 1.807) is 0 Å². The number of ether oxygens (including phenoxy) is 1. The Morgan fingerprint density at radius 3 is 1.90 bits per heavy atom. The molecule has 21 heavy (non-hydrogen) atoms. The average Bonchev–Trinajstić information content (AvgIpc) is 2.74. The molecule has 2 aromatic rings. The first-order valence-electron chi connectivity index (χ1n) is 7.28. The number of hydrogen-bond acceptors (Lipinski definition) is 2. The van der Waals surface area contributed by atoms with E-state index < -0.39 is 5.60 Å². The van der Waals surface area contributed by atoms with Gasteiger partial charge in [0.05, 0.1) is 0 Å². The Bertz CT molecular complexity index is 692. The van der Waals surface area contributed by atoms with Gasteiger partial charge >= 0.3 is 5.97 Å². The van der Waals surface area contributed by atoms with E-state index in [9.17, 15) is 4.79 Å². The van der Waals surface area contributed by atoms with Crippen molar-refractivity contribution in [3.63, 3.8) is 0 Å². The number of aryl methyl sites for hydroxylation is 2. The number of carbonyl (C=O) groups excluding carboxylic acids is 1. The zero-order valence-corrected chi connectivity index (χ0v) is 11.8. The van der Waals surface area contributed by atoms with E-state index >= 15 is 0 Å². The second-order valence-electron chi connectivity index (χ2n) is 5.81. The number of hydrogen-bond donors (Lipinski definition) is 0. The summed E-state index contributed by atoms with van der Waals surface area (Å²) in [4.78, 5) is 12.1. The highest BCUT2D eigenvalue weighted by molar-refractivity contribution is 5.91. The monoisotopic (exact) mass is 276 g/mol. The van der Waals surface area contributed by atoms with Gasteiger partial charge < -0.3 is 4.74 Å². The number of benzene rings is 2. The number of esters is 1. The maximum Gasteiger partial charge on any atom is 0.334 e. The minimum absolute atomic E-state index is 0.276. The van der Waals surface area contributed by atoms with Crippen molar-refractivity contribution < 1.29 is 9.53 Å². The Morgan fingerprint density at radius 1 is 0.905 bits per heavy atom. The third-order valence-electron chi connectivity index (χ3n) is 4.59. The van der Waals surface area contributed by atoms with E-state index in [1.165, 1.54) is 11.1 Å². The molecule has 1 aliphatic heterocycles. The Hall–Kier alpha value is -2.35. The summed E-state index contributed by atoms with van der Waals surface area (Å²) < 4.78 is 5.90. The fraction of sp³-hybridized carbons (Fsp3) is 0.211. The average molecular weight is 276 g/mol. The summed E-state index contributed by atoms with van der Waals surface area (Å²) in [6.07, 6.45) is 2.48. The molecule has 0 bridgehead atoms. The van der Waals surface area contributed by atoms with Crippen molar-refractivity contribution in [3.8, 4) is 0 Å². The van der Waals surface area contributed by atoms with Crippen LogP contribution < -0.4 is 0 Å². The van der Waals surface area contributed by atoms with Gasteiger partial charge in [-0.1, -0.05) is 55.1 Å². The van der Waals surface area contributed by atoms with Crippen molar-refractivity contribution in [2.75, 3.05) is 0 Å². The summed E-state index contributed by atoms with van der Waals surface area (Å²) in [6.45, 7) is 3.89. The standard InChI is InChI=1S/C19H16O2/c1-13-12-19(21-18(13)20)16-8-4-2-6-14(16)10-11-15-7-3-5-9-17(15)19/h2-9H,1,10-12H2. The first-order chi connectivity index (χ1) is 10.2. The molecule has 0 unspecified atom stereocenters. The molecule has 2 nitrogen and oxygen atoms in total. The van der Waals surface area contributed by atoms with E-state index in [4.69, 9.17) is 4.74 Å². The summed E-state index contributed by atoms with van der Waals surface area (Å²) in [5.41, 5.74) is 4.62. The van der Waals surface area contributed by atoms with Crippen LogP contribution in [0.15, 0.2) is 60.7 Å². The molecule has 0 N–H and O–H groups in total. The van der Waals surface area contributed by atoms with E-state index in [0.717, 1.165) is 24.0 Å². The summed E-state index contributed by atoms with van der Waals surface area (Å²) in [5, 5.41) is 0. The summed E-state index contributed by atoms with van der Waals surface area (Å²) in [7, 11) is 0. The molecule has 104 valence electrons. The zero-order valence-electron chi connectivity index (χ0n) is 11.8. The molecule has 2 aliphatic rings. The normalized spacial score (nSPS) is 18.9. The third kappa shape index (κ3) is 1.69. The molecule has 1 spiro atoms. The van der Waals surface area contributed by atoms with Crippen LogP contribution in [0.1, 0.15) is 28.7 Å². The highest BCUT2D eigenvalue weighted by Gasteiger charge is 2.48. The van der Waals surface area contributed by atoms with Crippen molar-refractivity contribution in [2.24, 2.45) is 0 Å². The smallest absolute Gasteiger partial charge is 0.334 e. The fourth-order valence-electron chi connectivity index (χ4n) is 3.62. The first-order valence-corrected chi connectivity index (χ1v) is 7.28. The van der Waals surface area contributed by atoms with Crippen LogP contribution in [0.4, 0.5) is 0 Å². The molecule has 0 aromatic heterocycles. The molecule has 1 aliphatic carbocycles. The van der Waals surface area contributed by atoms with Crippen molar-refractivity contribution in [1.82, 2.24) is 0 Å². The second kappa shape index (κ2) is 4.32. The third-order valence-corrected chi connectivity index (χ3v) is 4.59. The minimum atomic E-state index is -0.683. The molecule has 1 heterocycles. The van der Waals surface area contributed by atoms with Gasteiger partial charge in [-0.2, -0.15) is 0 Å². The molecular formula is C19H16O2. The number of rotatable bonds is 0. The quantitative estimate of drug-likeness (QED) is 0.543. The molecule has 4 rings (SSSR count). The Labute approximate surface area is 124 Å². The van der Waals surface area contributed by atoms with E-state index in [-0.39, 0.29) is 5.97 Å². The minimum Gasteiger partial charge on any atom is -0.445 e. The van der Waals surface area contributed by atoms with Gasteiger partial charge in [0, 0.05) is 23.1 Å². The van der Waals surface area contributed by atoms with Crippen LogP contribution in [-0.2, 0) is 28.0 Å². The fourth-order valence-corrected chi connectivity index (χ4v) is 3.62. The molecule has 0 saturated carbocycles. The second-order valence-corrected chi connectivity index (χ2v) is 5.81. The topological polar surface area (TPSA) is 26.3 Å². The van der Waals surface area contributed by atoms with E-state index in [2.05, 4.69) is 30.8 Å². The Morgan fingerprint density at radius 2 is 1.43 bits per heavy atom. The van der Waals surface area contributed by atoms with Crippen LogP contribution in [0.3, 0.4) is 0 Å². The lowest BCUT2D eigenvalue weighted by Gasteiger charge is -2.30. The number of fused-ring (bicyclic) bond motifs is 4. The Kier molecular flexibility index (Phi) is 2.55. The summed E-state index contributed by atoms with van der Waals surface area (Å²) in [5.74, 6) is -0.276. The zero-order chi connectivity index (χ0) is 14.4. The van der Waals surface area contributed by atoms with Gasteiger partial charge in [0.15, 0.2) is 5.60 Å². The summed E-state index contributed by atoms with van der Waals surface area (Å²) >= 11 is 0. The van der Waals surface area contributed by atoms with Gasteiger partial charge in [0.2, 0.25) is 0 Å². The van der Waals surface area contributed by atoms with Crippen molar-refractivity contribution in [1.29, 1.82) is 0 Å². The highest BCUT2D eigenvalue weighted by atomic mass is 16.6. The lowest BCUT2D eigenvalue weighted by molar-refractivity contribution is -0.144. The predicted molar refractivity (Wildman–Crippen MR) is 80.9 cm³/mol. The van der Waals surface area contributed by atoms with Gasteiger partial charge in [-0.15, -0.1) is 0 Å². The van der Waals surface area contributed by atoms with Crippen molar-refractivity contribution >= 4 is 5.97 Å². The van der Waals surface area contributed by atoms with Crippen molar-refractivity contribution in [3.05, 3.63) is 82.9 Å². The molecule has 2 aromatic carbocycles. The van der Waals surface area contributed by atoms with Crippen LogP contribution in [0.2, 0.25) is 0 Å². The SMILES string of the molecule is C=C1CC2(OC1=O)c1ccccc1CCc1ccccc12. The van der Waals surface area contributed by atoms with Crippen LogP contribution in [0.5, 0.6) is 0 Å².